The van der Waals surface area contributed by atoms with Gasteiger partial charge in [-0.05, 0) is 53.6 Å². The van der Waals surface area contributed by atoms with Crippen molar-refractivity contribution in [1.29, 1.82) is 0 Å². The van der Waals surface area contributed by atoms with E-state index in [1.807, 2.05) is 4.90 Å². The predicted octanol–water partition coefficient (Wildman–Crippen LogP) is 3.07. The van der Waals surface area contributed by atoms with Gasteiger partial charge in [0, 0.05) is 19.7 Å². The molecule has 1 saturated heterocycles. The third-order valence-electron chi connectivity index (χ3n) is 3.74. The minimum Gasteiger partial charge on any atom is -0.458 e. The van der Waals surface area contributed by atoms with Crippen LogP contribution in [-0.4, -0.2) is 36.6 Å². The van der Waals surface area contributed by atoms with Gasteiger partial charge in [0.05, 0.1) is 16.8 Å². The number of likely N-dealkylation sites (tertiary alicyclic amines) is 1. The average Bonchev–Trinajstić information content (AvgIpc) is 3.17. The minimum absolute atomic E-state index is 0.0448. The lowest BCUT2D eigenvalue weighted by Gasteiger charge is -2.32. The lowest BCUT2D eigenvalue weighted by atomic mass is 10.1. The second kappa shape index (κ2) is 5.67. The fourth-order valence-corrected chi connectivity index (χ4v) is 2.78. The van der Waals surface area contributed by atoms with Gasteiger partial charge in [-0.3, -0.25) is 4.79 Å². The Kier molecular flexibility index (Phi) is 3.93. The number of rotatable bonds is 4. The van der Waals surface area contributed by atoms with Gasteiger partial charge in [-0.15, -0.1) is 0 Å². The third kappa shape index (κ3) is 3.20. The molecule has 1 saturated carbocycles. The highest BCUT2D eigenvalue weighted by atomic mass is 79.9. The monoisotopic (exact) mass is 327 g/mol. The van der Waals surface area contributed by atoms with Crippen molar-refractivity contribution < 1.29 is 13.9 Å². The molecule has 5 heteroatoms. The van der Waals surface area contributed by atoms with Crippen LogP contribution in [-0.2, 0) is 4.74 Å². The van der Waals surface area contributed by atoms with Crippen molar-refractivity contribution in [3.8, 4) is 0 Å². The van der Waals surface area contributed by atoms with E-state index in [2.05, 4.69) is 15.9 Å². The number of nitrogens with zero attached hydrogens (tertiary/aromatic N) is 1. The van der Waals surface area contributed by atoms with Crippen molar-refractivity contribution in [3.05, 3.63) is 22.6 Å². The van der Waals surface area contributed by atoms with Crippen molar-refractivity contribution in [2.75, 3.05) is 19.7 Å². The number of hydrogen-bond donors (Lipinski definition) is 0. The molecule has 1 aromatic rings. The van der Waals surface area contributed by atoms with E-state index < -0.39 is 0 Å². The molecule has 0 aromatic carbocycles. The van der Waals surface area contributed by atoms with Crippen molar-refractivity contribution in [2.45, 2.75) is 31.8 Å². The molecule has 1 aliphatic heterocycles. The average molecular weight is 328 g/mol. The largest absolute Gasteiger partial charge is 0.458 e. The highest BCUT2D eigenvalue weighted by molar-refractivity contribution is 9.10. The van der Waals surface area contributed by atoms with E-state index in [0.717, 1.165) is 36.4 Å². The summed E-state index contributed by atoms with van der Waals surface area (Å²) in [6.45, 7) is 2.32. The molecule has 2 fully saturated rings. The molecule has 2 aliphatic rings. The molecular formula is C14H18BrNO3. The Morgan fingerprint density at radius 2 is 2.32 bits per heavy atom. The fourth-order valence-electron chi connectivity index (χ4n) is 2.41. The SMILES string of the molecule is O=C(c1occc1Br)N1CCCC(OCC2CC2)C1. The van der Waals surface area contributed by atoms with Crippen LogP contribution >= 0.6 is 15.9 Å². The van der Waals surface area contributed by atoms with E-state index in [-0.39, 0.29) is 12.0 Å². The number of carbonyl (C=O) groups excluding carboxylic acids is 1. The Morgan fingerprint density at radius 3 is 3.00 bits per heavy atom. The second-order valence-corrected chi connectivity index (χ2v) is 6.24. The quantitative estimate of drug-likeness (QED) is 0.853. The maximum atomic E-state index is 12.3. The Hall–Kier alpha value is -0.810. The first-order valence-corrected chi connectivity index (χ1v) is 7.67. The van der Waals surface area contributed by atoms with E-state index in [0.29, 0.717) is 12.3 Å². The van der Waals surface area contributed by atoms with Gasteiger partial charge < -0.3 is 14.1 Å². The van der Waals surface area contributed by atoms with Gasteiger partial charge in [-0.1, -0.05) is 0 Å². The van der Waals surface area contributed by atoms with E-state index >= 15 is 0 Å². The van der Waals surface area contributed by atoms with Crippen molar-refractivity contribution in [3.63, 3.8) is 0 Å². The van der Waals surface area contributed by atoms with Crippen LogP contribution in [0.4, 0.5) is 0 Å². The molecule has 2 heterocycles. The zero-order chi connectivity index (χ0) is 13.2. The fraction of sp³-hybridized carbons (Fsp3) is 0.643. The highest BCUT2D eigenvalue weighted by Crippen LogP contribution is 2.30. The highest BCUT2D eigenvalue weighted by Gasteiger charge is 2.29. The molecule has 1 atom stereocenters. The van der Waals surface area contributed by atoms with Crippen LogP contribution in [0.3, 0.4) is 0 Å². The molecule has 104 valence electrons. The molecule has 1 aliphatic carbocycles. The molecule has 1 amide bonds. The second-order valence-electron chi connectivity index (χ2n) is 5.39. The predicted molar refractivity (Wildman–Crippen MR) is 74.0 cm³/mol. The normalized spacial score (nSPS) is 23.6. The van der Waals surface area contributed by atoms with E-state index in [9.17, 15) is 4.79 Å². The van der Waals surface area contributed by atoms with Crippen molar-refractivity contribution >= 4 is 21.8 Å². The third-order valence-corrected chi connectivity index (χ3v) is 4.37. The van der Waals surface area contributed by atoms with Crippen LogP contribution in [0.5, 0.6) is 0 Å². The molecule has 4 nitrogen and oxygen atoms in total. The molecule has 0 spiro atoms. The van der Waals surface area contributed by atoms with Crippen molar-refractivity contribution in [1.82, 2.24) is 4.90 Å². The zero-order valence-electron chi connectivity index (χ0n) is 10.8. The zero-order valence-corrected chi connectivity index (χ0v) is 12.4. The van der Waals surface area contributed by atoms with Gasteiger partial charge in [-0.2, -0.15) is 0 Å². The minimum atomic E-state index is -0.0448. The number of halogens is 1. The summed E-state index contributed by atoms with van der Waals surface area (Å²) in [5, 5.41) is 0. The summed E-state index contributed by atoms with van der Waals surface area (Å²) in [5.41, 5.74) is 0. The maximum Gasteiger partial charge on any atom is 0.290 e. The molecule has 1 unspecified atom stereocenters. The summed E-state index contributed by atoms with van der Waals surface area (Å²) in [6.07, 6.45) is 6.37. The van der Waals surface area contributed by atoms with Gasteiger partial charge in [0.2, 0.25) is 5.76 Å². The molecule has 0 radical (unpaired) electrons. The Morgan fingerprint density at radius 1 is 1.47 bits per heavy atom. The Labute approximate surface area is 121 Å². The van der Waals surface area contributed by atoms with E-state index in [1.165, 1.54) is 19.1 Å². The van der Waals surface area contributed by atoms with Crippen LogP contribution < -0.4 is 0 Å². The van der Waals surface area contributed by atoms with Crippen LogP contribution in [0.15, 0.2) is 21.2 Å². The lowest BCUT2D eigenvalue weighted by Crippen LogP contribution is -2.43. The number of furan rings is 1. The first kappa shape index (κ1) is 13.2. The number of amides is 1. The van der Waals surface area contributed by atoms with Crippen LogP contribution in [0.25, 0.3) is 0 Å². The molecular weight excluding hydrogens is 310 g/mol. The molecule has 19 heavy (non-hydrogen) atoms. The van der Waals surface area contributed by atoms with Gasteiger partial charge >= 0.3 is 0 Å². The Bertz CT molecular complexity index is 455. The topological polar surface area (TPSA) is 42.7 Å². The van der Waals surface area contributed by atoms with E-state index in [1.54, 1.807) is 6.07 Å². The smallest absolute Gasteiger partial charge is 0.290 e. The lowest BCUT2D eigenvalue weighted by molar-refractivity contribution is -0.00332. The number of piperidine rings is 1. The first-order valence-electron chi connectivity index (χ1n) is 6.88. The Balaban J connectivity index is 1.57. The van der Waals surface area contributed by atoms with Crippen LogP contribution in [0.2, 0.25) is 0 Å². The van der Waals surface area contributed by atoms with E-state index in [4.69, 9.17) is 9.15 Å². The number of ether oxygens (including phenoxy) is 1. The van der Waals surface area contributed by atoms with Gasteiger partial charge in [0.25, 0.3) is 5.91 Å². The number of carbonyl (C=O) groups is 1. The van der Waals surface area contributed by atoms with Gasteiger partial charge in [-0.25, -0.2) is 0 Å². The maximum absolute atomic E-state index is 12.3. The standard InChI is InChI=1S/C14H18BrNO3/c15-12-5-7-18-13(12)14(17)16-6-1-2-11(8-16)19-9-10-3-4-10/h5,7,10-11H,1-4,6,8-9H2. The summed E-state index contributed by atoms with van der Waals surface area (Å²) in [5.74, 6) is 1.12. The molecule has 1 aromatic heterocycles. The molecule has 0 N–H and O–H groups in total. The van der Waals surface area contributed by atoms with Crippen LogP contribution in [0.1, 0.15) is 36.2 Å². The number of hydrogen-bond acceptors (Lipinski definition) is 3. The first-order chi connectivity index (χ1) is 9.24. The summed E-state index contributed by atoms with van der Waals surface area (Å²) >= 11 is 3.33. The summed E-state index contributed by atoms with van der Waals surface area (Å²) in [4.78, 5) is 14.2. The molecule has 3 rings (SSSR count). The molecule has 0 bridgehead atoms. The van der Waals surface area contributed by atoms with Crippen LogP contribution in [0, 0.1) is 5.92 Å². The van der Waals surface area contributed by atoms with Gasteiger partial charge in [0.15, 0.2) is 0 Å². The summed E-state index contributed by atoms with van der Waals surface area (Å²) < 4.78 is 11.9. The van der Waals surface area contributed by atoms with Crippen molar-refractivity contribution in [2.24, 2.45) is 5.92 Å². The van der Waals surface area contributed by atoms with Gasteiger partial charge in [0.1, 0.15) is 0 Å². The summed E-state index contributed by atoms with van der Waals surface area (Å²) in [6, 6.07) is 1.75. The summed E-state index contributed by atoms with van der Waals surface area (Å²) in [7, 11) is 0.